The second-order valence-electron chi connectivity index (χ2n) is 8.75. The Morgan fingerprint density at radius 1 is 1.05 bits per heavy atom. The molecule has 0 saturated carbocycles. The minimum absolute atomic E-state index is 0. The summed E-state index contributed by atoms with van der Waals surface area (Å²) >= 11 is 18.4. The van der Waals surface area contributed by atoms with E-state index in [0.717, 1.165) is 22.2 Å². The van der Waals surface area contributed by atoms with E-state index in [4.69, 9.17) is 34.8 Å². The highest BCUT2D eigenvalue weighted by Gasteiger charge is 2.27. The number of fused-ring (bicyclic) bond motifs is 3. The van der Waals surface area contributed by atoms with Gasteiger partial charge in [-0.05, 0) is 53.1 Å². The third-order valence-electron chi connectivity index (χ3n) is 6.32. The first-order valence-corrected chi connectivity index (χ1v) is 12.7. The molecule has 5 nitrogen and oxygen atoms in total. The van der Waals surface area contributed by atoms with Crippen LogP contribution in [0.1, 0.15) is 22.4 Å². The molecule has 1 aliphatic rings. The van der Waals surface area contributed by atoms with Crippen LogP contribution in [0.3, 0.4) is 0 Å². The first-order valence-electron chi connectivity index (χ1n) is 11.5. The van der Waals surface area contributed by atoms with Gasteiger partial charge in [0.1, 0.15) is 5.82 Å². The molecule has 11 heteroatoms. The number of rotatable bonds is 5. The molecule has 3 heterocycles. The fraction of sp³-hybridized carbons (Fsp3) is 0.185. The van der Waals surface area contributed by atoms with Crippen molar-refractivity contribution in [2.45, 2.75) is 19.5 Å². The zero-order chi connectivity index (χ0) is 26.1. The molecule has 0 radical (unpaired) electrons. The predicted octanol–water partition coefficient (Wildman–Crippen LogP) is 7.53. The van der Waals surface area contributed by atoms with Gasteiger partial charge in [0.2, 0.25) is 5.95 Å². The molecular formula is C27H22Cl4F2N4O. The summed E-state index contributed by atoms with van der Waals surface area (Å²) in [5, 5.41) is 4.56. The first-order chi connectivity index (χ1) is 17.8. The molecule has 0 fully saturated rings. The maximum absolute atomic E-state index is 13.7. The summed E-state index contributed by atoms with van der Waals surface area (Å²) in [6.07, 6.45) is 5.81. The molecule has 1 aliphatic heterocycles. The van der Waals surface area contributed by atoms with Gasteiger partial charge in [-0.3, -0.25) is 9.47 Å². The van der Waals surface area contributed by atoms with Gasteiger partial charge in [0.15, 0.2) is 0 Å². The van der Waals surface area contributed by atoms with Crippen molar-refractivity contribution in [1.29, 1.82) is 0 Å². The topological polar surface area (TPSA) is 50.2 Å². The van der Waals surface area contributed by atoms with Gasteiger partial charge in [-0.25, -0.2) is 14.2 Å². The molecule has 2 aromatic carbocycles. The smallest absolute Gasteiger partial charge is 0.326 e. The van der Waals surface area contributed by atoms with Gasteiger partial charge in [-0.15, -0.1) is 12.4 Å². The van der Waals surface area contributed by atoms with E-state index in [0.29, 0.717) is 47.2 Å². The van der Waals surface area contributed by atoms with Crippen LogP contribution in [-0.2, 0) is 19.5 Å². The summed E-state index contributed by atoms with van der Waals surface area (Å²) in [6.45, 7) is 2.10. The third-order valence-corrected chi connectivity index (χ3v) is 7.35. The molecule has 2 aromatic heterocycles. The Morgan fingerprint density at radius 2 is 1.84 bits per heavy atom. The Bertz CT molecular complexity index is 1540. The number of nitrogens with one attached hydrogen (secondary N) is 1. The molecule has 198 valence electrons. The minimum Gasteiger partial charge on any atom is -0.333 e. The van der Waals surface area contributed by atoms with Gasteiger partial charge in [-0.2, -0.15) is 4.39 Å². The molecule has 1 N–H and O–H groups in total. The van der Waals surface area contributed by atoms with Crippen LogP contribution in [0, 0.1) is 11.8 Å². The van der Waals surface area contributed by atoms with Crippen molar-refractivity contribution in [3.8, 4) is 0 Å². The minimum atomic E-state index is -0.604. The fourth-order valence-electron chi connectivity index (χ4n) is 4.56. The number of nitrogens with zero attached hydrogens (tertiary/aromatic N) is 3. The zero-order valence-corrected chi connectivity index (χ0v) is 22.9. The number of hydrogen-bond donors (Lipinski definition) is 1. The summed E-state index contributed by atoms with van der Waals surface area (Å²) in [5.74, 6) is -1.06. The van der Waals surface area contributed by atoms with E-state index in [1.807, 2.05) is 12.2 Å². The van der Waals surface area contributed by atoms with Gasteiger partial charge in [0.05, 0.1) is 20.6 Å². The van der Waals surface area contributed by atoms with Crippen LogP contribution in [0.2, 0.25) is 15.1 Å². The van der Waals surface area contributed by atoms with Crippen molar-refractivity contribution in [2.24, 2.45) is 0 Å². The number of aromatic nitrogens is 2. The molecular weight excluding hydrogens is 576 g/mol. The SMILES string of the molecule is Cl.O=C(NCc1ccnc(F)c1)n1c2c(c3cc(Cl)c(Cl)cc31)CN(C/C=C/c1ccc(Cl)c(F)c1)CC2. The number of benzene rings is 2. The van der Waals surface area contributed by atoms with Gasteiger partial charge in [0.25, 0.3) is 0 Å². The van der Waals surface area contributed by atoms with Crippen molar-refractivity contribution >= 4 is 70.2 Å². The predicted molar refractivity (Wildman–Crippen MR) is 150 cm³/mol. The van der Waals surface area contributed by atoms with E-state index in [9.17, 15) is 13.6 Å². The number of pyridine rings is 1. The summed E-state index contributed by atoms with van der Waals surface area (Å²) in [6, 6.07) is 10.8. The molecule has 5 rings (SSSR count). The molecule has 38 heavy (non-hydrogen) atoms. The average Bonchev–Trinajstić information content (AvgIpc) is 3.17. The third kappa shape index (κ3) is 5.98. The maximum Gasteiger partial charge on any atom is 0.326 e. The normalized spacial score (nSPS) is 13.5. The number of carbonyl (C=O) groups is 1. The number of halogens is 6. The average molecular weight is 598 g/mol. The Hall–Kier alpha value is -2.68. The lowest BCUT2D eigenvalue weighted by Gasteiger charge is -2.27. The van der Waals surface area contributed by atoms with Gasteiger partial charge in [0, 0.05) is 49.9 Å². The lowest BCUT2D eigenvalue weighted by Crippen LogP contribution is -2.34. The summed E-state index contributed by atoms with van der Waals surface area (Å²) in [4.78, 5) is 19.1. The molecule has 0 unspecified atom stereocenters. The monoisotopic (exact) mass is 596 g/mol. The van der Waals surface area contributed by atoms with Crippen LogP contribution >= 0.6 is 47.2 Å². The Labute approximate surface area is 239 Å². The Morgan fingerprint density at radius 3 is 2.61 bits per heavy atom. The molecule has 1 amide bonds. The molecule has 0 saturated heterocycles. The van der Waals surface area contributed by atoms with Crippen LogP contribution in [-0.4, -0.2) is 33.6 Å². The number of carbonyl (C=O) groups excluding carboxylic acids is 1. The maximum atomic E-state index is 13.7. The van der Waals surface area contributed by atoms with Gasteiger partial charge < -0.3 is 5.32 Å². The van der Waals surface area contributed by atoms with Crippen molar-refractivity contribution in [3.63, 3.8) is 0 Å². The van der Waals surface area contributed by atoms with E-state index >= 15 is 0 Å². The van der Waals surface area contributed by atoms with Crippen molar-refractivity contribution < 1.29 is 13.6 Å². The molecule has 0 bridgehead atoms. The van der Waals surface area contributed by atoms with E-state index in [-0.39, 0.29) is 30.0 Å². The number of amides is 1. The zero-order valence-electron chi connectivity index (χ0n) is 19.9. The summed E-state index contributed by atoms with van der Waals surface area (Å²) < 4.78 is 28.8. The second kappa shape index (κ2) is 12.0. The summed E-state index contributed by atoms with van der Waals surface area (Å²) in [5.41, 5.74) is 3.86. The van der Waals surface area contributed by atoms with E-state index in [1.54, 1.807) is 28.8 Å². The number of hydrogen-bond acceptors (Lipinski definition) is 3. The van der Waals surface area contributed by atoms with Gasteiger partial charge >= 0.3 is 6.03 Å². The Kier molecular flexibility index (Phi) is 8.96. The second-order valence-corrected chi connectivity index (χ2v) is 9.97. The van der Waals surface area contributed by atoms with Crippen LogP contribution < -0.4 is 5.32 Å². The van der Waals surface area contributed by atoms with Crippen molar-refractivity contribution in [3.05, 3.63) is 104 Å². The largest absolute Gasteiger partial charge is 0.333 e. The molecule has 0 atom stereocenters. The Balaban J connectivity index is 0.00000336. The van der Waals surface area contributed by atoms with Gasteiger partial charge in [-0.1, -0.05) is 53.0 Å². The lowest BCUT2D eigenvalue weighted by molar-refractivity contribution is 0.240. The van der Waals surface area contributed by atoms with Crippen LogP contribution in [0.5, 0.6) is 0 Å². The highest BCUT2D eigenvalue weighted by Crippen LogP contribution is 2.36. The van der Waals surface area contributed by atoms with E-state index in [1.165, 1.54) is 24.4 Å². The summed E-state index contributed by atoms with van der Waals surface area (Å²) in [7, 11) is 0. The van der Waals surface area contributed by atoms with E-state index < -0.39 is 11.8 Å². The van der Waals surface area contributed by atoms with Crippen LogP contribution in [0.4, 0.5) is 13.6 Å². The highest BCUT2D eigenvalue weighted by molar-refractivity contribution is 6.42. The molecule has 0 spiro atoms. The standard InChI is InChI=1S/C27H21Cl3F2N4O.ClH/c28-20-4-3-16(10-23(20)31)2-1-8-35-9-6-24-19(15-35)18-12-21(29)22(30)13-25(18)36(24)27(37)34-14-17-5-7-33-26(32)11-17;/h1-5,7,10-13H,6,8-9,14-15H2,(H,34,37);1H/b2-1+;. The first kappa shape index (κ1) is 28.3. The van der Waals surface area contributed by atoms with Crippen molar-refractivity contribution in [1.82, 2.24) is 19.8 Å². The van der Waals surface area contributed by atoms with Crippen molar-refractivity contribution in [2.75, 3.05) is 13.1 Å². The van der Waals surface area contributed by atoms with Crippen LogP contribution in [0.25, 0.3) is 17.0 Å². The molecule has 4 aromatic rings. The quantitative estimate of drug-likeness (QED) is 0.242. The van der Waals surface area contributed by atoms with Crippen LogP contribution in [0.15, 0.2) is 54.7 Å². The fourth-order valence-corrected chi connectivity index (χ4v) is 4.99. The van der Waals surface area contributed by atoms with E-state index in [2.05, 4.69) is 15.2 Å². The lowest BCUT2D eigenvalue weighted by atomic mass is 10.0. The molecule has 0 aliphatic carbocycles. The highest BCUT2D eigenvalue weighted by atomic mass is 35.5.